The second-order valence-corrected chi connectivity index (χ2v) is 4.91. The number of carbonyl (C=O) groups excluding carboxylic acids is 1. The minimum atomic E-state index is 0.138. The second kappa shape index (κ2) is 5.43. The van der Waals surface area contributed by atoms with Gasteiger partial charge in [0.25, 0.3) is 5.91 Å². The predicted molar refractivity (Wildman–Crippen MR) is 66.7 cm³/mol. The first-order valence-electron chi connectivity index (χ1n) is 5.56. The van der Waals surface area contributed by atoms with Gasteiger partial charge in [-0.25, -0.2) is 0 Å². The molecular formula is C12H15BrN2O. The maximum Gasteiger partial charge on any atom is 0.253 e. The van der Waals surface area contributed by atoms with Gasteiger partial charge in [0.15, 0.2) is 0 Å². The topological polar surface area (TPSA) is 33.2 Å². The van der Waals surface area contributed by atoms with E-state index in [4.69, 9.17) is 0 Å². The Morgan fingerprint density at radius 3 is 2.94 bits per heavy atom. The lowest BCUT2D eigenvalue weighted by atomic mass is 10.1. The number of rotatable bonds is 3. The third kappa shape index (κ3) is 2.61. The predicted octanol–water partition coefficient (Wildman–Crippen LogP) is 2.33. The van der Waals surface area contributed by atoms with E-state index in [9.17, 15) is 4.79 Å². The average Bonchev–Trinajstić information content (AvgIpc) is 2.78. The monoisotopic (exact) mass is 282 g/mol. The minimum Gasteiger partial charge on any atom is -0.338 e. The molecule has 0 bridgehead atoms. The van der Waals surface area contributed by atoms with Crippen molar-refractivity contribution in [3.63, 3.8) is 0 Å². The number of hydrogen-bond acceptors (Lipinski definition) is 2. The van der Waals surface area contributed by atoms with E-state index in [0.717, 1.165) is 36.8 Å². The molecule has 2 rings (SSSR count). The fraction of sp³-hybridized carbons (Fsp3) is 0.500. The Labute approximate surface area is 104 Å². The smallest absolute Gasteiger partial charge is 0.253 e. The molecule has 2 heterocycles. The molecular weight excluding hydrogens is 268 g/mol. The molecule has 0 spiro atoms. The van der Waals surface area contributed by atoms with E-state index >= 15 is 0 Å². The Morgan fingerprint density at radius 1 is 1.50 bits per heavy atom. The fourth-order valence-corrected chi connectivity index (χ4v) is 2.73. The quantitative estimate of drug-likeness (QED) is 0.798. The SMILES string of the molecule is O=C(c1ccncc1)N1CCC(CCBr)C1. The Morgan fingerprint density at radius 2 is 2.25 bits per heavy atom. The van der Waals surface area contributed by atoms with E-state index < -0.39 is 0 Å². The van der Waals surface area contributed by atoms with Gasteiger partial charge in [0, 0.05) is 36.4 Å². The summed E-state index contributed by atoms with van der Waals surface area (Å²) >= 11 is 3.45. The molecule has 1 atom stereocenters. The Hall–Kier alpha value is -0.900. The molecule has 86 valence electrons. The highest BCUT2D eigenvalue weighted by atomic mass is 79.9. The highest BCUT2D eigenvalue weighted by Crippen LogP contribution is 2.21. The van der Waals surface area contributed by atoms with Gasteiger partial charge in [0.05, 0.1) is 0 Å². The second-order valence-electron chi connectivity index (χ2n) is 4.12. The molecule has 0 aliphatic carbocycles. The third-order valence-corrected chi connectivity index (χ3v) is 3.48. The molecule has 1 aliphatic rings. The molecule has 0 radical (unpaired) electrons. The number of halogens is 1. The lowest BCUT2D eigenvalue weighted by Gasteiger charge is -2.16. The van der Waals surface area contributed by atoms with E-state index in [0.29, 0.717) is 5.92 Å². The van der Waals surface area contributed by atoms with Crippen LogP contribution in [0.1, 0.15) is 23.2 Å². The number of aromatic nitrogens is 1. The molecule has 1 amide bonds. The van der Waals surface area contributed by atoms with Crippen molar-refractivity contribution in [1.29, 1.82) is 0 Å². The van der Waals surface area contributed by atoms with Crippen LogP contribution in [0.4, 0.5) is 0 Å². The van der Waals surface area contributed by atoms with E-state index in [2.05, 4.69) is 20.9 Å². The van der Waals surface area contributed by atoms with Crippen LogP contribution in [0.5, 0.6) is 0 Å². The van der Waals surface area contributed by atoms with Gasteiger partial charge < -0.3 is 4.90 Å². The van der Waals surface area contributed by atoms with Crippen LogP contribution in [-0.2, 0) is 0 Å². The van der Waals surface area contributed by atoms with Gasteiger partial charge in [-0.1, -0.05) is 15.9 Å². The van der Waals surface area contributed by atoms with Gasteiger partial charge in [-0.15, -0.1) is 0 Å². The van der Waals surface area contributed by atoms with Crippen molar-refractivity contribution in [3.05, 3.63) is 30.1 Å². The lowest BCUT2D eigenvalue weighted by Crippen LogP contribution is -2.28. The molecule has 0 aromatic carbocycles. The number of nitrogens with zero attached hydrogens (tertiary/aromatic N) is 2. The molecule has 3 nitrogen and oxygen atoms in total. The molecule has 16 heavy (non-hydrogen) atoms. The third-order valence-electron chi connectivity index (χ3n) is 3.02. The number of carbonyl (C=O) groups is 1. The zero-order chi connectivity index (χ0) is 11.4. The van der Waals surface area contributed by atoms with Crippen molar-refractivity contribution >= 4 is 21.8 Å². The van der Waals surface area contributed by atoms with Gasteiger partial charge >= 0.3 is 0 Å². The Kier molecular flexibility index (Phi) is 3.93. The molecule has 1 unspecified atom stereocenters. The highest BCUT2D eigenvalue weighted by Gasteiger charge is 2.26. The van der Waals surface area contributed by atoms with Crippen LogP contribution in [0, 0.1) is 5.92 Å². The first kappa shape index (κ1) is 11.6. The largest absolute Gasteiger partial charge is 0.338 e. The number of amides is 1. The van der Waals surface area contributed by atoms with Crippen LogP contribution >= 0.6 is 15.9 Å². The molecule has 1 fully saturated rings. The standard InChI is InChI=1S/C12H15BrN2O/c13-5-1-10-4-8-15(9-10)12(16)11-2-6-14-7-3-11/h2-3,6-7,10H,1,4-5,8-9H2. The van der Waals surface area contributed by atoms with Crippen molar-refractivity contribution in [2.24, 2.45) is 5.92 Å². The van der Waals surface area contributed by atoms with Gasteiger partial charge in [-0.05, 0) is 30.9 Å². The number of pyridine rings is 1. The summed E-state index contributed by atoms with van der Waals surface area (Å²) in [6.45, 7) is 1.78. The fourth-order valence-electron chi connectivity index (χ4n) is 2.08. The van der Waals surface area contributed by atoms with E-state index in [-0.39, 0.29) is 5.91 Å². The summed E-state index contributed by atoms with van der Waals surface area (Å²) in [7, 11) is 0. The Bertz CT molecular complexity index is 355. The summed E-state index contributed by atoms with van der Waals surface area (Å²) in [5, 5.41) is 1.02. The summed E-state index contributed by atoms with van der Waals surface area (Å²) in [4.78, 5) is 18.0. The maximum atomic E-state index is 12.1. The zero-order valence-electron chi connectivity index (χ0n) is 9.10. The van der Waals surface area contributed by atoms with Crippen LogP contribution < -0.4 is 0 Å². The van der Waals surface area contributed by atoms with Crippen LogP contribution in [0.3, 0.4) is 0 Å². The normalized spacial score (nSPS) is 20.1. The number of likely N-dealkylation sites (tertiary alicyclic amines) is 1. The van der Waals surface area contributed by atoms with E-state index in [1.165, 1.54) is 0 Å². The first-order valence-corrected chi connectivity index (χ1v) is 6.68. The number of hydrogen-bond donors (Lipinski definition) is 0. The van der Waals surface area contributed by atoms with Gasteiger partial charge in [-0.2, -0.15) is 0 Å². The van der Waals surface area contributed by atoms with E-state index in [1.54, 1.807) is 24.5 Å². The molecule has 0 N–H and O–H groups in total. The van der Waals surface area contributed by atoms with Crippen LogP contribution in [-0.4, -0.2) is 34.2 Å². The maximum absolute atomic E-state index is 12.1. The van der Waals surface area contributed by atoms with E-state index in [1.807, 2.05) is 4.90 Å². The molecule has 1 aromatic heterocycles. The summed E-state index contributed by atoms with van der Waals surface area (Å²) < 4.78 is 0. The molecule has 4 heteroatoms. The van der Waals surface area contributed by atoms with Crippen molar-refractivity contribution in [2.75, 3.05) is 18.4 Å². The number of alkyl halides is 1. The molecule has 1 saturated heterocycles. The average molecular weight is 283 g/mol. The van der Waals surface area contributed by atoms with Crippen molar-refractivity contribution < 1.29 is 4.79 Å². The lowest BCUT2D eigenvalue weighted by molar-refractivity contribution is 0.0787. The Balaban J connectivity index is 1.97. The van der Waals surface area contributed by atoms with Crippen LogP contribution in [0.15, 0.2) is 24.5 Å². The van der Waals surface area contributed by atoms with Crippen LogP contribution in [0.2, 0.25) is 0 Å². The summed E-state index contributed by atoms with van der Waals surface area (Å²) in [6, 6.07) is 3.56. The first-order chi connectivity index (χ1) is 7.81. The van der Waals surface area contributed by atoms with Gasteiger partial charge in [-0.3, -0.25) is 9.78 Å². The van der Waals surface area contributed by atoms with Crippen molar-refractivity contribution in [2.45, 2.75) is 12.8 Å². The molecule has 1 aliphatic heterocycles. The summed E-state index contributed by atoms with van der Waals surface area (Å²) in [5.41, 5.74) is 0.745. The molecule has 0 saturated carbocycles. The minimum absolute atomic E-state index is 0.138. The van der Waals surface area contributed by atoms with Crippen molar-refractivity contribution in [1.82, 2.24) is 9.88 Å². The molecule has 1 aromatic rings. The van der Waals surface area contributed by atoms with Gasteiger partial charge in [0.2, 0.25) is 0 Å². The summed E-state index contributed by atoms with van der Waals surface area (Å²) in [6.07, 6.45) is 5.61. The summed E-state index contributed by atoms with van der Waals surface area (Å²) in [5.74, 6) is 0.796. The van der Waals surface area contributed by atoms with Crippen molar-refractivity contribution in [3.8, 4) is 0 Å². The highest BCUT2D eigenvalue weighted by molar-refractivity contribution is 9.09. The van der Waals surface area contributed by atoms with Gasteiger partial charge in [0.1, 0.15) is 0 Å². The van der Waals surface area contributed by atoms with Crippen LogP contribution in [0.25, 0.3) is 0 Å². The zero-order valence-corrected chi connectivity index (χ0v) is 10.7.